The van der Waals surface area contributed by atoms with E-state index in [9.17, 15) is 0 Å². The van der Waals surface area contributed by atoms with Gasteiger partial charge in [-0.2, -0.15) is 0 Å². The minimum atomic E-state index is 0.0352. The molecular weight excluding hydrogens is 343 g/mol. The van der Waals surface area contributed by atoms with Crippen LogP contribution in [-0.2, 0) is 0 Å². The molecule has 5 rings (SSSR count). The average Bonchev–Trinajstić information content (AvgIpc) is 2.54. The number of ether oxygens (including phenoxy) is 2. The molecule has 0 bridgehead atoms. The Kier molecular flexibility index (Phi) is 2.41. The zero-order valence-electron chi connectivity index (χ0n) is 11.3. The minimum absolute atomic E-state index is 0.0352. The van der Waals surface area contributed by atoms with Crippen LogP contribution in [0, 0.1) is 0 Å². The maximum absolute atomic E-state index is 6.05. The van der Waals surface area contributed by atoms with E-state index in [4.69, 9.17) is 9.47 Å². The molecule has 0 unspecified atom stereocenters. The first-order valence-electron chi connectivity index (χ1n) is 6.88. The summed E-state index contributed by atoms with van der Waals surface area (Å²) in [5.41, 5.74) is 3.11. The molecule has 4 nitrogen and oxygen atoms in total. The lowest BCUT2D eigenvalue weighted by Gasteiger charge is -2.32. The molecule has 0 radical (unpaired) electrons. The van der Waals surface area contributed by atoms with Crippen LogP contribution in [0.25, 0.3) is 0 Å². The molecule has 3 aromatic rings. The molecule has 0 N–H and O–H groups in total. The topological polar surface area (TPSA) is 44.2 Å². The van der Waals surface area contributed by atoms with Crippen molar-refractivity contribution in [2.75, 3.05) is 0 Å². The predicted octanol–water partition coefficient (Wildman–Crippen LogP) is 1.97. The van der Waals surface area contributed by atoms with E-state index in [2.05, 4.69) is 25.9 Å². The van der Waals surface area contributed by atoms with Crippen LogP contribution in [0.3, 0.4) is 0 Å². The maximum atomic E-state index is 6.05. The lowest BCUT2D eigenvalue weighted by Crippen LogP contribution is -2.57. The van der Waals surface area contributed by atoms with Gasteiger partial charge in [-0.25, -0.2) is 0 Å². The number of aromatic nitrogens is 2. The van der Waals surface area contributed by atoms with Crippen LogP contribution in [0.2, 0.25) is 0 Å². The monoisotopic (exact) mass is 350 g/mol. The Balaban J connectivity index is 1.88. The molecule has 0 saturated heterocycles. The molecule has 2 aliphatic rings. The first-order chi connectivity index (χ1) is 10.8. The highest BCUT2D eigenvalue weighted by atomic mass is 79.9. The van der Waals surface area contributed by atoms with E-state index >= 15 is 0 Å². The Morgan fingerprint density at radius 3 is 1.91 bits per heavy atom. The minimum Gasteiger partial charge on any atom is -0.458 e. The quantitative estimate of drug-likeness (QED) is 0.400. The Morgan fingerprint density at radius 1 is 0.818 bits per heavy atom. The third-order valence-corrected chi connectivity index (χ3v) is 4.50. The summed E-state index contributed by atoms with van der Waals surface area (Å²) < 4.78 is 13.0. The molecule has 0 atom stereocenters. The molecular formula is C16H8BBrN2O2. The van der Waals surface area contributed by atoms with Crippen molar-refractivity contribution in [3.63, 3.8) is 0 Å². The second kappa shape index (κ2) is 4.33. The second-order valence-electron chi connectivity index (χ2n) is 5.28. The van der Waals surface area contributed by atoms with Gasteiger partial charge in [0.05, 0.1) is 0 Å². The number of fused-ring (bicyclic) bond motifs is 4. The molecule has 2 aromatic heterocycles. The summed E-state index contributed by atoms with van der Waals surface area (Å²) in [5.74, 6) is 3.27. The number of benzene rings is 1. The smallest absolute Gasteiger partial charge is 0.264 e. The van der Waals surface area contributed by atoms with Crippen LogP contribution in [0.1, 0.15) is 0 Å². The number of nitrogens with zero attached hydrogens (tertiary/aromatic N) is 2. The first kappa shape index (κ1) is 12.2. The first-order valence-corrected chi connectivity index (χ1v) is 7.67. The van der Waals surface area contributed by atoms with E-state index < -0.39 is 0 Å². The van der Waals surface area contributed by atoms with Gasteiger partial charge < -0.3 is 9.47 Å². The van der Waals surface area contributed by atoms with Crippen LogP contribution in [0.5, 0.6) is 23.0 Å². The Bertz CT molecular complexity index is 861. The van der Waals surface area contributed by atoms with Crippen LogP contribution in [0.15, 0.2) is 53.5 Å². The van der Waals surface area contributed by atoms with Crippen LogP contribution in [0.4, 0.5) is 0 Å². The van der Waals surface area contributed by atoms with Crippen molar-refractivity contribution < 1.29 is 9.47 Å². The van der Waals surface area contributed by atoms with Crippen molar-refractivity contribution >= 4 is 39.0 Å². The Labute approximate surface area is 135 Å². The van der Waals surface area contributed by atoms with Crippen molar-refractivity contribution in [3.8, 4) is 23.0 Å². The molecule has 6 heteroatoms. The van der Waals surface area contributed by atoms with Gasteiger partial charge in [-0.1, -0.05) is 15.9 Å². The van der Waals surface area contributed by atoms with Crippen molar-refractivity contribution in [1.82, 2.24) is 9.97 Å². The average molecular weight is 351 g/mol. The van der Waals surface area contributed by atoms with E-state index in [0.29, 0.717) is 0 Å². The predicted molar refractivity (Wildman–Crippen MR) is 87.4 cm³/mol. The van der Waals surface area contributed by atoms with Gasteiger partial charge in [0, 0.05) is 34.7 Å². The highest BCUT2D eigenvalue weighted by molar-refractivity contribution is 9.10. The standard InChI is InChI=1S/C16H8BBrN2O2/c18-9-5-14-16-15(6-9)22-13-2-4-20-8-11(13)17(16)10-7-19-3-1-12(10)21-14/h1-8H. The van der Waals surface area contributed by atoms with Crippen LogP contribution in [-0.4, -0.2) is 16.7 Å². The number of hydrogen-bond acceptors (Lipinski definition) is 4. The summed E-state index contributed by atoms with van der Waals surface area (Å²) in [6, 6.07) is 7.73. The fourth-order valence-electron chi connectivity index (χ4n) is 3.15. The fourth-order valence-corrected chi connectivity index (χ4v) is 3.56. The van der Waals surface area contributed by atoms with Gasteiger partial charge in [0.1, 0.15) is 23.0 Å². The maximum Gasteiger partial charge on any atom is 0.264 e. The molecule has 0 fully saturated rings. The number of hydrogen-bond donors (Lipinski definition) is 0. The van der Waals surface area contributed by atoms with E-state index in [0.717, 1.165) is 43.9 Å². The molecule has 2 aliphatic heterocycles. The van der Waals surface area contributed by atoms with Gasteiger partial charge in [-0.3, -0.25) is 9.97 Å². The molecule has 4 heterocycles. The summed E-state index contributed by atoms with van der Waals surface area (Å²) in [5, 5.41) is 0. The molecule has 0 saturated carbocycles. The highest BCUT2D eigenvalue weighted by Gasteiger charge is 2.40. The number of rotatable bonds is 0. The summed E-state index contributed by atoms with van der Waals surface area (Å²) >= 11 is 3.52. The zero-order valence-corrected chi connectivity index (χ0v) is 12.9. The van der Waals surface area contributed by atoms with E-state index in [1.807, 2.05) is 36.7 Å². The van der Waals surface area contributed by atoms with Crippen molar-refractivity contribution in [3.05, 3.63) is 53.5 Å². The van der Waals surface area contributed by atoms with Gasteiger partial charge in [-0.05, 0) is 35.2 Å². The van der Waals surface area contributed by atoms with Gasteiger partial charge in [0.25, 0.3) is 6.71 Å². The van der Waals surface area contributed by atoms with Gasteiger partial charge in [0.15, 0.2) is 0 Å². The largest absolute Gasteiger partial charge is 0.458 e. The normalized spacial score (nSPS) is 13.4. The van der Waals surface area contributed by atoms with E-state index in [1.54, 1.807) is 12.4 Å². The third-order valence-electron chi connectivity index (χ3n) is 4.04. The molecule has 22 heavy (non-hydrogen) atoms. The highest BCUT2D eigenvalue weighted by Crippen LogP contribution is 2.36. The Hall–Kier alpha value is -2.34. The van der Waals surface area contributed by atoms with Gasteiger partial charge in [0.2, 0.25) is 0 Å². The summed E-state index contributed by atoms with van der Waals surface area (Å²) in [4.78, 5) is 8.53. The van der Waals surface area contributed by atoms with E-state index in [-0.39, 0.29) is 6.71 Å². The number of halogens is 1. The number of pyridine rings is 2. The lowest BCUT2D eigenvalue weighted by atomic mass is 9.35. The van der Waals surface area contributed by atoms with Gasteiger partial charge in [-0.15, -0.1) is 0 Å². The second-order valence-corrected chi connectivity index (χ2v) is 6.20. The summed E-state index contributed by atoms with van der Waals surface area (Å²) in [6.45, 7) is 0.0352. The third kappa shape index (κ3) is 1.58. The van der Waals surface area contributed by atoms with Crippen molar-refractivity contribution in [2.24, 2.45) is 0 Å². The van der Waals surface area contributed by atoms with Gasteiger partial charge >= 0.3 is 0 Å². The Morgan fingerprint density at radius 2 is 1.36 bits per heavy atom. The molecule has 1 aromatic carbocycles. The van der Waals surface area contributed by atoms with Crippen molar-refractivity contribution in [1.29, 1.82) is 0 Å². The summed E-state index contributed by atoms with van der Waals surface area (Å²) in [7, 11) is 0. The fraction of sp³-hybridized carbons (Fsp3) is 0. The SMILES string of the molecule is Brc1cc2c3c(c1)Oc1ccncc1B3c1cnccc1O2. The molecule has 0 aliphatic carbocycles. The van der Waals surface area contributed by atoms with Crippen LogP contribution >= 0.6 is 15.9 Å². The van der Waals surface area contributed by atoms with E-state index in [1.165, 1.54) is 0 Å². The molecule has 104 valence electrons. The van der Waals surface area contributed by atoms with Crippen LogP contribution < -0.4 is 25.9 Å². The molecule has 0 amide bonds. The summed E-state index contributed by atoms with van der Waals surface area (Å²) in [6.07, 6.45) is 7.20. The lowest BCUT2D eigenvalue weighted by molar-refractivity contribution is 0.463. The molecule has 0 spiro atoms. The zero-order chi connectivity index (χ0) is 14.7. The van der Waals surface area contributed by atoms with Crippen molar-refractivity contribution in [2.45, 2.75) is 0 Å².